The van der Waals surface area contributed by atoms with Crippen LogP contribution < -0.4 is 15.4 Å². The molecule has 0 saturated heterocycles. The molecule has 0 spiro atoms. The van der Waals surface area contributed by atoms with Gasteiger partial charge in [-0.05, 0) is 49.4 Å². The zero-order valence-electron chi connectivity index (χ0n) is 18.5. The van der Waals surface area contributed by atoms with E-state index in [0.717, 1.165) is 44.3 Å². The standard InChI is InChI=1S/C26H30N4O2/c1-32-24-13-12-22-25(30-24)23(14-16-28-22)29-26(31)21-11-5-9-20(17-21)18-27-15-6-10-19-7-3-2-4-8-19/h2-4,6-8,10,12-14,16,20-21,27H,5,9,11,15,17-18H2,1H3,(H,28,29,31). The monoisotopic (exact) mass is 430 g/mol. The summed E-state index contributed by atoms with van der Waals surface area (Å²) in [5, 5.41) is 6.61. The molecule has 2 unspecified atom stereocenters. The van der Waals surface area contributed by atoms with Crippen LogP contribution in [-0.2, 0) is 4.79 Å². The molecule has 1 aromatic carbocycles. The maximum atomic E-state index is 13.0. The number of nitrogens with one attached hydrogen (secondary N) is 2. The molecule has 1 fully saturated rings. The highest BCUT2D eigenvalue weighted by Crippen LogP contribution is 2.30. The molecular weight excluding hydrogens is 400 g/mol. The normalized spacial score (nSPS) is 18.7. The molecule has 1 aliphatic rings. The van der Waals surface area contributed by atoms with Crippen molar-refractivity contribution in [3.8, 4) is 5.88 Å². The molecular formula is C26H30N4O2. The van der Waals surface area contributed by atoms with Crippen molar-refractivity contribution in [2.75, 3.05) is 25.5 Å². The predicted octanol–water partition coefficient (Wildman–Crippen LogP) is 4.69. The summed E-state index contributed by atoms with van der Waals surface area (Å²) in [7, 11) is 1.58. The van der Waals surface area contributed by atoms with E-state index in [0.29, 0.717) is 23.0 Å². The third-order valence-electron chi connectivity index (χ3n) is 5.98. The van der Waals surface area contributed by atoms with Gasteiger partial charge in [0, 0.05) is 24.7 Å². The first-order valence-corrected chi connectivity index (χ1v) is 11.3. The molecule has 1 saturated carbocycles. The van der Waals surface area contributed by atoms with Crippen LogP contribution >= 0.6 is 0 Å². The molecule has 6 nitrogen and oxygen atoms in total. The molecule has 2 aromatic heterocycles. The van der Waals surface area contributed by atoms with E-state index in [2.05, 4.69) is 44.9 Å². The number of rotatable bonds is 8. The second-order valence-corrected chi connectivity index (χ2v) is 8.27. The van der Waals surface area contributed by atoms with Crippen LogP contribution in [0.3, 0.4) is 0 Å². The van der Waals surface area contributed by atoms with Gasteiger partial charge in [-0.1, -0.05) is 48.9 Å². The number of hydrogen-bond donors (Lipinski definition) is 2. The summed E-state index contributed by atoms with van der Waals surface area (Å²) in [6, 6.07) is 15.7. The van der Waals surface area contributed by atoms with E-state index >= 15 is 0 Å². The van der Waals surface area contributed by atoms with Crippen molar-refractivity contribution in [2.24, 2.45) is 11.8 Å². The largest absolute Gasteiger partial charge is 0.481 e. The Kier molecular flexibility index (Phi) is 7.46. The van der Waals surface area contributed by atoms with E-state index in [1.165, 1.54) is 5.56 Å². The minimum Gasteiger partial charge on any atom is -0.481 e. The van der Waals surface area contributed by atoms with Crippen molar-refractivity contribution < 1.29 is 9.53 Å². The van der Waals surface area contributed by atoms with Crippen LogP contribution in [0.25, 0.3) is 17.1 Å². The van der Waals surface area contributed by atoms with Gasteiger partial charge < -0.3 is 15.4 Å². The fraction of sp³-hybridized carbons (Fsp3) is 0.346. The topological polar surface area (TPSA) is 76.1 Å². The van der Waals surface area contributed by atoms with Gasteiger partial charge in [-0.3, -0.25) is 9.78 Å². The van der Waals surface area contributed by atoms with Crippen molar-refractivity contribution in [2.45, 2.75) is 25.7 Å². The SMILES string of the molecule is COc1ccc2nccc(NC(=O)C3CCCC(CNCC=Cc4ccccc4)C3)c2n1. The van der Waals surface area contributed by atoms with Gasteiger partial charge >= 0.3 is 0 Å². The first-order valence-electron chi connectivity index (χ1n) is 11.3. The minimum absolute atomic E-state index is 0.0178. The van der Waals surface area contributed by atoms with Crippen LogP contribution in [0.1, 0.15) is 31.2 Å². The molecule has 32 heavy (non-hydrogen) atoms. The van der Waals surface area contributed by atoms with Gasteiger partial charge in [0.25, 0.3) is 0 Å². The number of amides is 1. The van der Waals surface area contributed by atoms with Gasteiger partial charge in [0.2, 0.25) is 11.8 Å². The zero-order valence-corrected chi connectivity index (χ0v) is 18.5. The van der Waals surface area contributed by atoms with Crippen LogP contribution in [0.15, 0.2) is 60.8 Å². The predicted molar refractivity (Wildman–Crippen MR) is 129 cm³/mol. The van der Waals surface area contributed by atoms with Crippen LogP contribution in [0.5, 0.6) is 5.88 Å². The Morgan fingerprint density at radius 3 is 2.88 bits per heavy atom. The summed E-state index contributed by atoms with van der Waals surface area (Å²) < 4.78 is 5.23. The molecule has 3 aromatic rings. The Balaban J connectivity index is 1.30. The fourth-order valence-electron chi connectivity index (χ4n) is 4.30. The molecule has 2 N–H and O–H groups in total. The van der Waals surface area contributed by atoms with Crippen molar-refractivity contribution >= 4 is 28.7 Å². The Morgan fingerprint density at radius 1 is 1.16 bits per heavy atom. The van der Waals surface area contributed by atoms with Gasteiger partial charge in [-0.15, -0.1) is 0 Å². The molecule has 2 heterocycles. The van der Waals surface area contributed by atoms with Gasteiger partial charge in [0.1, 0.15) is 5.52 Å². The number of carbonyl (C=O) groups excluding carboxylic acids is 1. The van der Waals surface area contributed by atoms with E-state index in [1.54, 1.807) is 25.4 Å². The fourth-order valence-corrected chi connectivity index (χ4v) is 4.30. The van der Waals surface area contributed by atoms with E-state index in [-0.39, 0.29) is 11.8 Å². The lowest BCUT2D eigenvalue weighted by Gasteiger charge is -2.28. The lowest BCUT2D eigenvalue weighted by Crippen LogP contribution is -2.32. The third kappa shape index (κ3) is 5.71. The number of methoxy groups -OCH3 is 1. The van der Waals surface area contributed by atoms with E-state index in [1.807, 2.05) is 24.3 Å². The number of benzene rings is 1. The molecule has 6 heteroatoms. The minimum atomic E-state index is 0.0178. The van der Waals surface area contributed by atoms with E-state index in [4.69, 9.17) is 4.74 Å². The highest BCUT2D eigenvalue weighted by molar-refractivity contribution is 6.00. The number of anilines is 1. The van der Waals surface area contributed by atoms with Crippen molar-refractivity contribution in [1.82, 2.24) is 15.3 Å². The summed E-state index contributed by atoms with van der Waals surface area (Å²) in [4.78, 5) is 21.8. The van der Waals surface area contributed by atoms with Crippen LogP contribution in [0, 0.1) is 11.8 Å². The quantitative estimate of drug-likeness (QED) is 0.507. The highest BCUT2D eigenvalue weighted by Gasteiger charge is 2.27. The van der Waals surface area contributed by atoms with Crippen LogP contribution in [-0.4, -0.2) is 36.1 Å². The molecule has 166 valence electrons. The molecule has 0 bridgehead atoms. The number of aromatic nitrogens is 2. The average Bonchev–Trinajstić information content (AvgIpc) is 2.84. The summed E-state index contributed by atoms with van der Waals surface area (Å²) in [6.45, 7) is 1.76. The lowest BCUT2D eigenvalue weighted by molar-refractivity contribution is -0.121. The molecule has 4 rings (SSSR count). The van der Waals surface area contributed by atoms with Crippen molar-refractivity contribution in [3.63, 3.8) is 0 Å². The number of hydrogen-bond acceptors (Lipinski definition) is 5. The third-order valence-corrected chi connectivity index (χ3v) is 5.98. The van der Waals surface area contributed by atoms with E-state index < -0.39 is 0 Å². The van der Waals surface area contributed by atoms with Crippen LogP contribution in [0.4, 0.5) is 5.69 Å². The second kappa shape index (κ2) is 10.9. The first-order chi connectivity index (χ1) is 15.7. The molecule has 0 aliphatic heterocycles. The van der Waals surface area contributed by atoms with Gasteiger partial charge in [0.15, 0.2) is 0 Å². The summed E-state index contributed by atoms with van der Waals surface area (Å²) in [5.41, 5.74) is 3.28. The second-order valence-electron chi connectivity index (χ2n) is 8.27. The number of fused-ring (bicyclic) bond motifs is 1. The molecule has 0 radical (unpaired) electrons. The van der Waals surface area contributed by atoms with Gasteiger partial charge in [-0.25, -0.2) is 4.98 Å². The molecule has 2 atom stereocenters. The molecule has 1 amide bonds. The molecule has 1 aliphatic carbocycles. The zero-order chi connectivity index (χ0) is 22.2. The smallest absolute Gasteiger partial charge is 0.227 e. The Hall–Kier alpha value is -3.25. The van der Waals surface area contributed by atoms with Crippen LogP contribution in [0.2, 0.25) is 0 Å². The first kappa shape index (κ1) is 22.0. The number of nitrogens with zero attached hydrogens (tertiary/aromatic N) is 2. The average molecular weight is 431 g/mol. The van der Waals surface area contributed by atoms with E-state index in [9.17, 15) is 4.79 Å². The van der Waals surface area contributed by atoms with Crippen molar-refractivity contribution in [1.29, 1.82) is 0 Å². The number of ether oxygens (including phenoxy) is 1. The summed E-state index contributed by atoms with van der Waals surface area (Å²) >= 11 is 0. The Morgan fingerprint density at radius 2 is 2.03 bits per heavy atom. The Bertz CT molecular complexity index is 1070. The summed E-state index contributed by atoms with van der Waals surface area (Å²) in [6.07, 6.45) is 10.0. The maximum Gasteiger partial charge on any atom is 0.227 e. The number of pyridine rings is 2. The maximum absolute atomic E-state index is 13.0. The highest BCUT2D eigenvalue weighted by atomic mass is 16.5. The summed E-state index contributed by atoms with van der Waals surface area (Å²) in [5.74, 6) is 1.10. The van der Waals surface area contributed by atoms with Gasteiger partial charge in [0.05, 0.1) is 18.3 Å². The van der Waals surface area contributed by atoms with Gasteiger partial charge in [-0.2, -0.15) is 0 Å². The lowest BCUT2D eigenvalue weighted by atomic mass is 9.81. The van der Waals surface area contributed by atoms with Crippen molar-refractivity contribution in [3.05, 3.63) is 66.4 Å². The number of carbonyl (C=O) groups is 1. The Labute approximate surface area is 189 Å².